The standard InChI is InChI=1S/C14H16Cl2N2O/c1-9-2-5-11(6-3-9)17-18-14(19)12-7-4-10(15)8-13(12)16/h4,7-9H,2-3,5-6H2,1H3,(H,18,19). The molecule has 0 heterocycles. The molecule has 0 atom stereocenters. The van der Waals surface area contributed by atoms with E-state index in [9.17, 15) is 4.79 Å². The molecule has 0 spiro atoms. The molecule has 1 fully saturated rings. The lowest BCUT2D eigenvalue weighted by molar-refractivity contribution is 0.0954. The number of carbonyl (C=O) groups excluding carboxylic acids is 1. The molecule has 5 heteroatoms. The Bertz CT molecular complexity index is 504. The molecular weight excluding hydrogens is 283 g/mol. The maximum absolute atomic E-state index is 11.9. The molecule has 0 aliphatic heterocycles. The van der Waals surface area contributed by atoms with Crippen molar-refractivity contribution in [3.05, 3.63) is 33.8 Å². The number of nitrogens with one attached hydrogen (secondary N) is 1. The van der Waals surface area contributed by atoms with Crippen molar-refractivity contribution in [2.24, 2.45) is 11.0 Å². The second-order valence-corrected chi connectivity index (χ2v) is 5.77. The molecule has 19 heavy (non-hydrogen) atoms. The highest BCUT2D eigenvalue weighted by molar-refractivity contribution is 6.36. The van der Waals surface area contributed by atoms with E-state index in [0.717, 1.165) is 37.3 Å². The highest BCUT2D eigenvalue weighted by Crippen LogP contribution is 2.22. The zero-order chi connectivity index (χ0) is 13.8. The quantitative estimate of drug-likeness (QED) is 0.813. The molecule has 1 aromatic rings. The molecule has 0 aromatic heterocycles. The third-order valence-electron chi connectivity index (χ3n) is 3.34. The lowest BCUT2D eigenvalue weighted by Gasteiger charge is -2.18. The summed E-state index contributed by atoms with van der Waals surface area (Å²) in [6.45, 7) is 2.24. The van der Waals surface area contributed by atoms with Gasteiger partial charge in [0.1, 0.15) is 0 Å². The minimum atomic E-state index is -0.298. The number of carbonyl (C=O) groups is 1. The molecule has 0 radical (unpaired) electrons. The summed E-state index contributed by atoms with van der Waals surface area (Å²) < 4.78 is 0. The fourth-order valence-electron chi connectivity index (χ4n) is 2.07. The van der Waals surface area contributed by atoms with Crippen LogP contribution in [0.1, 0.15) is 43.0 Å². The van der Waals surface area contributed by atoms with Gasteiger partial charge in [0.25, 0.3) is 5.91 Å². The average molecular weight is 299 g/mol. The van der Waals surface area contributed by atoms with Crippen LogP contribution in [0.15, 0.2) is 23.3 Å². The van der Waals surface area contributed by atoms with Crippen molar-refractivity contribution in [1.29, 1.82) is 0 Å². The van der Waals surface area contributed by atoms with Crippen LogP contribution in [0.25, 0.3) is 0 Å². The zero-order valence-electron chi connectivity index (χ0n) is 10.7. The number of benzene rings is 1. The van der Waals surface area contributed by atoms with Crippen molar-refractivity contribution in [2.75, 3.05) is 0 Å². The Balaban J connectivity index is 1.99. The maximum Gasteiger partial charge on any atom is 0.272 e. The molecule has 102 valence electrons. The lowest BCUT2D eigenvalue weighted by Crippen LogP contribution is -2.22. The van der Waals surface area contributed by atoms with E-state index in [1.807, 2.05) is 0 Å². The Hall–Kier alpha value is -1.06. The third-order valence-corrected chi connectivity index (χ3v) is 3.89. The van der Waals surface area contributed by atoms with E-state index in [1.165, 1.54) is 0 Å². The summed E-state index contributed by atoms with van der Waals surface area (Å²) in [4.78, 5) is 11.9. The molecule has 0 saturated heterocycles. The Labute approximate surface area is 123 Å². The van der Waals surface area contributed by atoms with Crippen LogP contribution in [0, 0.1) is 5.92 Å². The van der Waals surface area contributed by atoms with Gasteiger partial charge in [0, 0.05) is 10.7 Å². The first-order valence-electron chi connectivity index (χ1n) is 6.37. The summed E-state index contributed by atoms with van der Waals surface area (Å²) in [6.07, 6.45) is 4.18. The van der Waals surface area contributed by atoms with Gasteiger partial charge in [-0.1, -0.05) is 30.1 Å². The van der Waals surface area contributed by atoms with Gasteiger partial charge in [-0.2, -0.15) is 5.10 Å². The molecule has 0 bridgehead atoms. The molecule has 1 amide bonds. The van der Waals surface area contributed by atoms with Gasteiger partial charge in [0.05, 0.1) is 10.6 Å². The van der Waals surface area contributed by atoms with E-state index in [4.69, 9.17) is 23.2 Å². The first-order chi connectivity index (χ1) is 9.06. The summed E-state index contributed by atoms with van der Waals surface area (Å²) in [5.41, 5.74) is 4.01. The monoisotopic (exact) mass is 298 g/mol. The Morgan fingerprint density at radius 2 is 2.00 bits per heavy atom. The fourth-order valence-corrected chi connectivity index (χ4v) is 2.57. The Morgan fingerprint density at radius 3 is 2.63 bits per heavy atom. The summed E-state index contributed by atoms with van der Waals surface area (Å²) in [5, 5.41) is 5.03. The van der Waals surface area contributed by atoms with Crippen LogP contribution in [-0.2, 0) is 0 Å². The van der Waals surface area contributed by atoms with Gasteiger partial charge in [0.2, 0.25) is 0 Å². The number of hydrogen-bond donors (Lipinski definition) is 1. The highest BCUT2D eigenvalue weighted by Gasteiger charge is 2.14. The SMILES string of the molecule is CC1CCC(=NNC(=O)c2ccc(Cl)cc2Cl)CC1. The van der Waals surface area contributed by atoms with Gasteiger partial charge in [-0.3, -0.25) is 4.79 Å². The number of hydrogen-bond acceptors (Lipinski definition) is 2. The first kappa shape index (κ1) is 14.4. The summed E-state index contributed by atoms with van der Waals surface area (Å²) in [7, 11) is 0. The molecule has 1 aliphatic rings. The third kappa shape index (κ3) is 3.95. The molecule has 2 rings (SSSR count). The Morgan fingerprint density at radius 1 is 1.32 bits per heavy atom. The summed E-state index contributed by atoms with van der Waals surface area (Å²) >= 11 is 11.8. The van der Waals surface area contributed by atoms with E-state index >= 15 is 0 Å². The van der Waals surface area contributed by atoms with Gasteiger partial charge in [-0.15, -0.1) is 0 Å². The van der Waals surface area contributed by atoms with Crippen molar-refractivity contribution >= 4 is 34.8 Å². The number of halogens is 2. The van der Waals surface area contributed by atoms with Crippen LogP contribution in [0.5, 0.6) is 0 Å². The highest BCUT2D eigenvalue weighted by atomic mass is 35.5. The zero-order valence-corrected chi connectivity index (χ0v) is 12.3. The summed E-state index contributed by atoms with van der Waals surface area (Å²) in [6, 6.07) is 4.79. The van der Waals surface area contributed by atoms with Crippen LogP contribution < -0.4 is 5.43 Å². The minimum Gasteiger partial charge on any atom is -0.267 e. The number of hydrazone groups is 1. The predicted octanol–water partition coefficient (Wildman–Crippen LogP) is 4.29. The smallest absolute Gasteiger partial charge is 0.267 e. The molecule has 1 N–H and O–H groups in total. The predicted molar refractivity (Wildman–Crippen MR) is 79.0 cm³/mol. The van der Waals surface area contributed by atoms with Gasteiger partial charge in [0.15, 0.2) is 0 Å². The van der Waals surface area contributed by atoms with Crippen molar-refractivity contribution in [1.82, 2.24) is 5.43 Å². The average Bonchev–Trinajstić information content (AvgIpc) is 2.37. The fraction of sp³-hybridized carbons (Fsp3) is 0.429. The number of rotatable bonds is 2. The van der Waals surface area contributed by atoms with E-state index < -0.39 is 0 Å². The summed E-state index contributed by atoms with van der Waals surface area (Å²) in [5.74, 6) is 0.452. The number of nitrogens with zero attached hydrogens (tertiary/aromatic N) is 1. The maximum atomic E-state index is 11.9. The topological polar surface area (TPSA) is 41.5 Å². The lowest BCUT2D eigenvalue weighted by atomic mass is 9.90. The first-order valence-corrected chi connectivity index (χ1v) is 7.12. The van der Waals surface area contributed by atoms with E-state index in [2.05, 4.69) is 17.5 Å². The number of amides is 1. The molecular formula is C14H16Cl2N2O. The van der Waals surface area contributed by atoms with Crippen LogP contribution in [0.2, 0.25) is 10.0 Å². The Kier molecular flexibility index (Phi) is 4.83. The van der Waals surface area contributed by atoms with Crippen molar-refractivity contribution in [3.63, 3.8) is 0 Å². The molecule has 3 nitrogen and oxygen atoms in total. The van der Waals surface area contributed by atoms with Crippen LogP contribution in [0.3, 0.4) is 0 Å². The molecule has 1 saturated carbocycles. The van der Waals surface area contributed by atoms with Crippen LogP contribution >= 0.6 is 23.2 Å². The normalized spacial score (nSPS) is 19.1. The van der Waals surface area contributed by atoms with Gasteiger partial charge >= 0.3 is 0 Å². The molecule has 1 aliphatic carbocycles. The second kappa shape index (κ2) is 6.40. The van der Waals surface area contributed by atoms with Crippen molar-refractivity contribution < 1.29 is 4.79 Å². The molecule has 0 unspecified atom stereocenters. The largest absolute Gasteiger partial charge is 0.272 e. The van der Waals surface area contributed by atoms with E-state index in [1.54, 1.807) is 18.2 Å². The van der Waals surface area contributed by atoms with E-state index in [0.29, 0.717) is 15.6 Å². The van der Waals surface area contributed by atoms with Crippen LogP contribution in [0.4, 0.5) is 0 Å². The second-order valence-electron chi connectivity index (χ2n) is 4.93. The van der Waals surface area contributed by atoms with Gasteiger partial charge in [-0.05, 0) is 49.8 Å². The van der Waals surface area contributed by atoms with Gasteiger partial charge < -0.3 is 0 Å². The van der Waals surface area contributed by atoms with Crippen molar-refractivity contribution in [2.45, 2.75) is 32.6 Å². The van der Waals surface area contributed by atoms with Crippen LogP contribution in [-0.4, -0.2) is 11.6 Å². The molecule has 1 aromatic carbocycles. The van der Waals surface area contributed by atoms with Gasteiger partial charge in [-0.25, -0.2) is 5.43 Å². The minimum absolute atomic E-state index is 0.298. The van der Waals surface area contributed by atoms with E-state index in [-0.39, 0.29) is 5.91 Å². The van der Waals surface area contributed by atoms with Crippen molar-refractivity contribution in [3.8, 4) is 0 Å².